The van der Waals surface area contributed by atoms with E-state index in [-0.39, 0.29) is 18.1 Å². The molecule has 1 fully saturated rings. The molecular weight excluding hydrogens is 509 g/mol. The number of aliphatic carboxylic acids is 1. The van der Waals surface area contributed by atoms with Gasteiger partial charge < -0.3 is 15.7 Å². The molecule has 3 amide bonds. The summed E-state index contributed by atoms with van der Waals surface area (Å²) in [5.74, 6) is -1.64. The smallest absolute Gasteiger partial charge is 0.340 e. The highest BCUT2D eigenvalue weighted by atomic mass is 19.1. The molecule has 0 aliphatic heterocycles. The highest BCUT2D eigenvalue weighted by molar-refractivity contribution is 6.02. The van der Waals surface area contributed by atoms with Crippen LogP contribution in [0, 0.1) is 13.8 Å². The number of carbonyl (C=O) groups is 3. The lowest BCUT2D eigenvalue weighted by Gasteiger charge is -2.26. The van der Waals surface area contributed by atoms with Crippen LogP contribution in [0.1, 0.15) is 70.6 Å². The molecule has 0 saturated heterocycles. The molecule has 0 heterocycles. The molecule has 1 unspecified atom stereocenters. The topological polar surface area (TPSA) is 98.7 Å². The van der Waals surface area contributed by atoms with Gasteiger partial charge >= 0.3 is 12.0 Å². The quantitative estimate of drug-likeness (QED) is 0.277. The molecule has 0 bridgehead atoms. The maximum absolute atomic E-state index is 13.6. The van der Waals surface area contributed by atoms with Crippen molar-refractivity contribution in [1.82, 2.24) is 5.32 Å². The molecule has 7 nitrogen and oxygen atoms in total. The number of benzene rings is 3. The molecule has 1 atom stereocenters. The van der Waals surface area contributed by atoms with Gasteiger partial charge in [-0.15, -0.1) is 0 Å². The maximum Gasteiger partial charge on any atom is 0.340 e. The SMILES string of the molecule is Cc1cc(C)cc(NC(=O)N(Cc2ccc(C(=O)NCC(F)C(=O)O)cc2)c2ccc(C3CCCCC3)cc2)c1. The van der Waals surface area contributed by atoms with E-state index in [0.29, 0.717) is 11.6 Å². The number of nitrogens with one attached hydrogen (secondary N) is 2. The third kappa shape index (κ3) is 7.68. The molecule has 3 N–H and O–H groups in total. The van der Waals surface area contributed by atoms with Crippen LogP contribution in [-0.2, 0) is 11.3 Å². The van der Waals surface area contributed by atoms with Crippen LogP contribution in [0.4, 0.5) is 20.6 Å². The van der Waals surface area contributed by atoms with Crippen molar-refractivity contribution < 1.29 is 23.9 Å². The lowest BCUT2D eigenvalue weighted by atomic mass is 9.84. The van der Waals surface area contributed by atoms with E-state index >= 15 is 0 Å². The molecule has 210 valence electrons. The number of hydrogen-bond acceptors (Lipinski definition) is 3. The van der Waals surface area contributed by atoms with Crippen LogP contribution in [0.2, 0.25) is 0 Å². The van der Waals surface area contributed by atoms with Crippen molar-refractivity contribution in [1.29, 1.82) is 0 Å². The monoisotopic (exact) mass is 545 g/mol. The molecule has 40 heavy (non-hydrogen) atoms. The minimum Gasteiger partial charge on any atom is -0.479 e. The fraction of sp³-hybridized carbons (Fsp3) is 0.344. The largest absolute Gasteiger partial charge is 0.479 e. The summed E-state index contributed by atoms with van der Waals surface area (Å²) in [6.45, 7) is 3.61. The number of carboxylic acids is 1. The Morgan fingerprint density at radius 3 is 2.15 bits per heavy atom. The van der Waals surface area contributed by atoms with E-state index in [9.17, 15) is 18.8 Å². The Morgan fingerprint density at radius 2 is 1.55 bits per heavy atom. The highest BCUT2D eigenvalue weighted by Gasteiger charge is 2.20. The van der Waals surface area contributed by atoms with Crippen molar-refractivity contribution in [3.63, 3.8) is 0 Å². The minimum absolute atomic E-state index is 0.257. The van der Waals surface area contributed by atoms with Crippen LogP contribution in [0.3, 0.4) is 0 Å². The molecule has 8 heteroatoms. The summed E-state index contributed by atoms with van der Waals surface area (Å²) < 4.78 is 13.3. The highest BCUT2D eigenvalue weighted by Crippen LogP contribution is 2.33. The number of carbonyl (C=O) groups excluding carboxylic acids is 2. The normalized spacial score (nSPS) is 14.3. The Bertz CT molecular complexity index is 1320. The number of aryl methyl sites for hydroxylation is 2. The van der Waals surface area contributed by atoms with Gasteiger partial charge in [-0.3, -0.25) is 9.69 Å². The second-order valence-electron chi connectivity index (χ2n) is 10.5. The second kappa shape index (κ2) is 13.2. The summed E-state index contributed by atoms with van der Waals surface area (Å²) >= 11 is 0. The van der Waals surface area contributed by atoms with E-state index in [1.165, 1.54) is 37.7 Å². The standard InChI is InChI=1S/C32H36FN3O4/c1-21-16-22(2)18-27(17-21)35-32(40)36(28-14-12-25(13-15-28)24-6-4-3-5-7-24)20-23-8-10-26(11-9-23)30(37)34-19-29(33)31(38)39/h8-18,24,29H,3-7,19-20H2,1-2H3,(H,34,37)(H,35,40)(H,38,39). The summed E-state index contributed by atoms with van der Waals surface area (Å²) in [6, 6.07) is 20.4. The Hall–Kier alpha value is -4.20. The van der Waals surface area contributed by atoms with Gasteiger partial charge in [0.25, 0.3) is 5.91 Å². The second-order valence-corrected chi connectivity index (χ2v) is 10.5. The van der Waals surface area contributed by atoms with Gasteiger partial charge in [0, 0.05) is 16.9 Å². The first-order valence-electron chi connectivity index (χ1n) is 13.7. The van der Waals surface area contributed by atoms with Crippen molar-refractivity contribution in [3.8, 4) is 0 Å². The predicted molar refractivity (Wildman–Crippen MR) is 155 cm³/mol. The van der Waals surface area contributed by atoms with Gasteiger partial charge in [0.2, 0.25) is 6.17 Å². The van der Waals surface area contributed by atoms with Crippen LogP contribution in [0.15, 0.2) is 66.7 Å². The predicted octanol–water partition coefficient (Wildman–Crippen LogP) is 6.74. The van der Waals surface area contributed by atoms with Crippen molar-refractivity contribution in [2.75, 3.05) is 16.8 Å². The van der Waals surface area contributed by atoms with Crippen LogP contribution < -0.4 is 15.5 Å². The lowest BCUT2D eigenvalue weighted by Crippen LogP contribution is -2.35. The number of urea groups is 1. The minimum atomic E-state index is -2.17. The van der Waals surface area contributed by atoms with Crippen molar-refractivity contribution in [2.24, 2.45) is 0 Å². The number of amides is 3. The third-order valence-electron chi connectivity index (χ3n) is 7.27. The number of hydrogen-bond donors (Lipinski definition) is 3. The number of nitrogens with zero attached hydrogens (tertiary/aromatic N) is 1. The summed E-state index contributed by atoms with van der Waals surface area (Å²) in [7, 11) is 0. The Morgan fingerprint density at radius 1 is 0.925 bits per heavy atom. The van der Waals surface area contributed by atoms with Crippen LogP contribution >= 0.6 is 0 Å². The van der Waals surface area contributed by atoms with Gasteiger partial charge in [-0.1, -0.05) is 49.6 Å². The number of carboxylic acid groups (broad SMARTS) is 1. The zero-order valence-electron chi connectivity index (χ0n) is 23.0. The van der Waals surface area contributed by atoms with E-state index in [0.717, 1.165) is 22.4 Å². The third-order valence-corrected chi connectivity index (χ3v) is 7.27. The Kier molecular flexibility index (Phi) is 9.53. The first kappa shape index (κ1) is 28.8. The molecule has 0 aromatic heterocycles. The number of anilines is 2. The molecular formula is C32H36FN3O4. The van der Waals surface area contributed by atoms with Gasteiger partial charge in [0.05, 0.1) is 13.1 Å². The van der Waals surface area contributed by atoms with E-state index < -0.39 is 24.6 Å². The average Bonchev–Trinajstić information content (AvgIpc) is 2.94. The first-order chi connectivity index (χ1) is 19.2. The first-order valence-corrected chi connectivity index (χ1v) is 13.7. The molecule has 1 aliphatic carbocycles. The van der Waals surface area contributed by atoms with E-state index in [2.05, 4.69) is 22.8 Å². The van der Waals surface area contributed by atoms with Crippen molar-refractivity contribution in [3.05, 3.63) is 94.5 Å². The van der Waals surface area contributed by atoms with Gasteiger partial charge in [-0.25, -0.2) is 14.0 Å². The summed E-state index contributed by atoms with van der Waals surface area (Å²) in [5, 5.41) is 14.0. The lowest BCUT2D eigenvalue weighted by molar-refractivity contribution is -0.142. The summed E-state index contributed by atoms with van der Waals surface area (Å²) in [6.07, 6.45) is 4.01. The molecule has 1 saturated carbocycles. The van der Waals surface area contributed by atoms with Crippen LogP contribution in [0.25, 0.3) is 0 Å². The molecule has 1 aliphatic rings. The molecule has 0 spiro atoms. The van der Waals surface area contributed by atoms with E-state index in [1.807, 2.05) is 44.2 Å². The molecule has 3 aromatic rings. The van der Waals surface area contributed by atoms with Crippen LogP contribution in [-0.4, -0.2) is 35.7 Å². The zero-order valence-corrected chi connectivity index (χ0v) is 23.0. The fourth-order valence-corrected chi connectivity index (χ4v) is 5.20. The van der Waals surface area contributed by atoms with Gasteiger partial charge in [0.15, 0.2) is 0 Å². The maximum atomic E-state index is 13.6. The van der Waals surface area contributed by atoms with Gasteiger partial charge in [-0.05, 0) is 91.3 Å². The summed E-state index contributed by atoms with van der Waals surface area (Å²) in [4.78, 5) is 38.2. The Labute approximate surface area is 234 Å². The van der Waals surface area contributed by atoms with Gasteiger partial charge in [0.1, 0.15) is 0 Å². The van der Waals surface area contributed by atoms with Crippen molar-refractivity contribution in [2.45, 2.75) is 64.6 Å². The van der Waals surface area contributed by atoms with E-state index in [4.69, 9.17) is 5.11 Å². The number of halogens is 1. The number of alkyl halides is 1. The number of rotatable bonds is 9. The average molecular weight is 546 g/mol. The summed E-state index contributed by atoms with van der Waals surface area (Å²) in [5.41, 5.74) is 5.93. The van der Waals surface area contributed by atoms with Crippen LogP contribution in [0.5, 0.6) is 0 Å². The molecule has 3 aromatic carbocycles. The van der Waals surface area contributed by atoms with Gasteiger partial charge in [-0.2, -0.15) is 0 Å². The zero-order chi connectivity index (χ0) is 28.6. The molecule has 0 radical (unpaired) electrons. The Balaban J connectivity index is 1.52. The van der Waals surface area contributed by atoms with Crippen molar-refractivity contribution >= 4 is 29.3 Å². The molecule has 4 rings (SSSR count). The fourth-order valence-electron chi connectivity index (χ4n) is 5.20. The van der Waals surface area contributed by atoms with E-state index in [1.54, 1.807) is 29.2 Å².